The molecule has 0 fully saturated rings. The SMILES string of the molecule is CC(C)(C)c1ccc2c(c1)Cc1c-2ccc(C(C)(C)C)[c]1[Zr]. The van der Waals surface area contributed by atoms with Gasteiger partial charge < -0.3 is 0 Å². The van der Waals surface area contributed by atoms with Crippen LogP contribution in [0.1, 0.15) is 63.8 Å². The molecule has 0 spiro atoms. The van der Waals surface area contributed by atoms with Gasteiger partial charge in [-0.1, -0.05) is 0 Å². The molecule has 0 atom stereocenters. The van der Waals surface area contributed by atoms with Crippen molar-refractivity contribution < 1.29 is 24.7 Å². The Morgan fingerprint density at radius 1 is 0.818 bits per heavy atom. The molecule has 0 nitrogen and oxygen atoms in total. The Balaban J connectivity index is 2.12. The Bertz CT molecular complexity index is 740. The van der Waals surface area contributed by atoms with Gasteiger partial charge in [0.25, 0.3) is 0 Å². The first-order valence-corrected chi connectivity index (χ1v) is 9.33. The van der Waals surface area contributed by atoms with Gasteiger partial charge >= 0.3 is 150 Å². The van der Waals surface area contributed by atoms with E-state index in [2.05, 4.69) is 71.9 Å². The average Bonchev–Trinajstić information content (AvgIpc) is 2.75. The molecule has 0 saturated carbocycles. The number of fused-ring (bicyclic) bond motifs is 3. The average molecular weight is 369 g/mol. The Morgan fingerprint density at radius 3 is 2.05 bits per heavy atom. The van der Waals surface area contributed by atoms with Crippen molar-refractivity contribution in [3.05, 3.63) is 52.6 Å². The fourth-order valence-corrected chi connectivity index (χ4v) is 5.04. The van der Waals surface area contributed by atoms with E-state index in [-0.39, 0.29) is 10.8 Å². The first-order valence-electron chi connectivity index (χ1n) is 8.11. The molecule has 3 rings (SSSR count). The molecule has 1 heteroatoms. The Labute approximate surface area is 150 Å². The molecule has 0 aliphatic heterocycles. The van der Waals surface area contributed by atoms with Crippen LogP contribution in [0.15, 0.2) is 30.3 Å². The zero-order valence-electron chi connectivity index (χ0n) is 14.6. The van der Waals surface area contributed by atoms with Crippen molar-refractivity contribution in [1.29, 1.82) is 0 Å². The zero-order chi connectivity index (χ0) is 16.3. The van der Waals surface area contributed by atoms with Crippen LogP contribution in [0.5, 0.6) is 0 Å². The van der Waals surface area contributed by atoms with Crippen LogP contribution in [0, 0.1) is 0 Å². The number of rotatable bonds is 0. The second-order valence-electron chi connectivity index (χ2n) is 8.56. The van der Waals surface area contributed by atoms with Crippen molar-refractivity contribution in [3.8, 4) is 11.1 Å². The van der Waals surface area contributed by atoms with Crippen LogP contribution >= 0.6 is 0 Å². The first kappa shape index (κ1) is 16.2. The molecule has 1 aliphatic rings. The van der Waals surface area contributed by atoms with E-state index in [1.165, 1.54) is 27.8 Å². The quantitative estimate of drug-likeness (QED) is 0.522. The number of hydrogen-bond acceptors (Lipinski definition) is 0. The van der Waals surface area contributed by atoms with Crippen LogP contribution in [0.4, 0.5) is 0 Å². The summed E-state index contributed by atoms with van der Waals surface area (Å²) in [6.45, 7) is 13.9. The van der Waals surface area contributed by atoms with E-state index >= 15 is 0 Å². The van der Waals surface area contributed by atoms with Gasteiger partial charge in [-0.3, -0.25) is 0 Å². The van der Waals surface area contributed by atoms with Crippen LogP contribution in [0.2, 0.25) is 0 Å². The second-order valence-corrected chi connectivity index (χ2v) is 9.79. The Hall–Kier alpha value is -0.677. The molecular formula is C21H25Zr. The van der Waals surface area contributed by atoms with Gasteiger partial charge in [-0.05, 0) is 0 Å². The van der Waals surface area contributed by atoms with Gasteiger partial charge in [-0.15, -0.1) is 0 Å². The summed E-state index contributed by atoms with van der Waals surface area (Å²) < 4.78 is 1.57. The van der Waals surface area contributed by atoms with E-state index in [0.717, 1.165) is 6.42 Å². The molecule has 0 bridgehead atoms. The monoisotopic (exact) mass is 367 g/mol. The van der Waals surface area contributed by atoms with Crippen molar-refractivity contribution in [3.63, 3.8) is 0 Å². The predicted molar refractivity (Wildman–Crippen MR) is 91.7 cm³/mol. The minimum absolute atomic E-state index is 0.223. The van der Waals surface area contributed by atoms with Crippen molar-refractivity contribution in [2.75, 3.05) is 0 Å². The first-order chi connectivity index (χ1) is 10.1. The van der Waals surface area contributed by atoms with Crippen LogP contribution in [0.3, 0.4) is 0 Å². The molecule has 2 aromatic carbocycles. The third kappa shape index (κ3) is 2.67. The Morgan fingerprint density at radius 2 is 1.45 bits per heavy atom. The van der Waals surface area contributed by atoms with Crippen LogP contribution in [-0.4, -0.2) is 0 Å². The van der Waals surface area contributed by atoms with Crippen molar-refractivity contribution in [2.45, 2.75) is 58.8 Å². The van der Waals surface area contributed by atoms with Gasteiger partial charge in [0.15, 0.2) is 0 Å². The molecule has 0 saturated heterocycles. The summed E-state index contributed by atoms with van der Waals surface area (Å²) in [6.07, 6.45) is 1.11. The number of hydrogen-bond donors (Lipinski definition) is 0. The standard InChI is InChI=1S/C21H25.Zr/c1-20(2,3)16-7-9-18-14(12-16)11-15-13-17(21(4,5)6)8-10-19(15)18;/h7-10,12H,11H2,1-6H3;. The van der Waals surface area contributed by atoms with E-state index in [4.69, 9.17) is 0 Å². The van der Waals surface area contributed by atoms with E-state index in [0.29, 0.717) is 0 Å². The van der Waals surface area contributed by atoms with Gasteiger partial charge in [0.1, 0.15) is 0 Å². The summed E-state index contributed by atoms with van der Waals surface area (Å²) in [6, 6.07) is 11.8. The third-order valence-electron chi connectivity index (χ3n) is 4.75. The summed E-state index contributed by atoms with van der Waals surface area (Å²) in [5, 5.41) is 0. The van der Waals surface area contributed by atoms with Crippen molar-refractivity contribution in [2.24, 2.45) is 0 Å². The molecule has 0 heterocycles. The normalized spacial score (nSPS) is 13.9. The van der Waals surface area contributed by atoms with Crippen LogP contribution in [0.25, 0.3) is 11.1 Å². The molecule has 22 heavy (non-hydrogen) atoms. The third-order valence-corrected chi connectivity index (χ3v) is 6.15. The minimum atomic E-state index is 0.223. The van der Waals surface area contributed by atoms with E-state index < -0.39 is 0 Å². The summed E-state index contributed by atoms with van der Waals surface area (Å²) in [4.78, 5) is 0. The van der Waals surface area contributed by atoms with Crippen molar-refractivity contribution >= 4 is 3.27 Å². The molecule has 0 aromatic heterocycles. The van der Waals surface area contributed by atoms with Gasteiger partial charge in [0.05, 0.1) is 0 Å². The van der Waals surface area contributed by atoms with Gasteiger partial charge in [0.2, 0.25) is 0 Å². The second kappa shape index (κ2) is 5.17. The molecule has 0 amide bonds. The summed E-state index contributed by atoms with van der Waals surface area (Å²) in [5.74, 6) is 0. The zero-order valence-corrected chi connectivity index (χ0v) is 17.1. The van der Waals surface area contributed by atoms with Gasteiger partial charge in [-0.25, -0.2) is 0 Å². The molecule has 0 radical (unpaired) electrons. The van der Waals surface area contributed by atoms with Crippen molar-refractivity contribution in [1.82, 2.24) is 0 Å². The van der Waals surface area contributed by atoms with Gasteiger partial charge in [-0.2, -0.15) is 0 Å². The molecule has 2 aromatic rings. The molecule has 0 N–H and O–H groups in total. The van der Waals surface area contributed by atoms with Crippen LogP contribution in [-0.2, 0) is 42.0 Å². The fraction of sp³-hybridized carbons (Fsp3) is 0.429. The molecule has 113 valence electrons. The Kier molecular flexibility index (Phi) is 3.80. The molecular weight excluding hydrogens is 343 g/mol. The topological polar surface area (TPSA) is 0 Å². The van der Waals surface area contributed by atoms with E-state index in [9.17, 15) is 0 Å². The van der Waals surface area contributed by atoms with Crippen LogP contribution < -0.4 is 3.27 Å². The molecule has 1 aliphatic carbocycles. The summed E-state index contributed by atoms with van der Waals surface area (Å²) >= 11 is 1.54. The predicted octanol–water partition coefficient (Wildman–Crippen LogP) is 5.02. The maximum atomic E-state index is 2.43. The summed E-state index contributed by atoms with van der Waals surface area (Å²) in [7, 11) is 0. The fourth-order valence-electron chi connectivity index (χ4n) is 3.37. The van der Waals surface area contributed by atoms with E-state index in [1.807, 2.05) is 0 Å². The maximum absolute atomic E-state index is 2.43. The van der Waals surface area contributed by atoms with E-state index in [1.54, 1.807) is 33.6 Å². The summed E-state index contributed by atoms with van der Waals surface area (Å²) in [5.41, 5.74) is 9.43. The van der Waals surface area contributed by atoms with Gasteiger partial charge in [0, 0.05) is 0 Å². The molecule has 0 unspecified atom stereocenters. The number of benzene rings is 2.